The molecule has 2 heterocycles. The molecule has 1 fully saturated rings. The normalized spacial score (nSPS) is 15.8. The van der Waals surface area contributed by atoms with Gasteiger partial charge in [-0.3, -0.25) is 4.79 Å². The monoisotopic (exact) mass is 308 g/mol. The van der Waals surface area contributed by atoms with E-state index in [1.54, 1.807) is 0 Å². The molecule has 1 aliphatic heterocycles. The third kappa shape index (κ3) is 2.78. The maximum Gasteiger partial charge on any atom is 0.289 e. The van der Waals surface area contributed by atoms with Gasteiger partial charge in [0.2, 0.25) is 0 Å². The fourth-order valence-corrected chi connectivity index (χ4v) is 2.17. The van der Waals surface area contributed by atoms with E-state index in [1.807, 2.05) is 17.9 Å². The molecule has 2 rings (SSSR count). The van der Waals surface area contributed by atoms with Crippen molar-refractivity contribution in [2.75, 3.05) is 26.2 Å². The predicted octanol–water partition coefficient (Wildman–Crippen LogP) is 1.82. The molecule has 0 spiro atoms. The Hall–Kier alpha value is -0.520. The third-order valence-corrected chi connectivity index (χ3v) is 2.88. The summed E-state index contributed by atoms with van der Waals surface area (Å²) < 4.78 is 5.94. The lowest BCUT2D eigenvalue weighted by Crippen LogP contribution is -2.46. The number of nitrogens with zero attached hydrogens (tertiary/aromatic N) is 1. The van der Waals surface area contributed by atoms with Crippen molar-refractivity contribution in [3.63, 3.8) is 0 Å². The number of aryl methyl sites for hydroxylation is 1. The zero-order valence-electron chi connectivity index (χ0n) is 8.96. The second-order valence-electron chi connectivity index (χ2n) is 3.60. The largest absolute Gasteiger partial charge is 0.444 e. The molecule has 0 aliphatic carbocycles. The number of carbonyl (C=O) groups is 1. The second-order valence-corrected chi connectivity index (χ2v) is 4.39. The van der Waals surface area contributed by atoms with E-state index in [0.29, 0.717) is 10.4 Å². The molecule has 1 aromatic rings. The van der Waals surface area contributed by atoms with Gasteiger partial charge >= 0.3 is 0 Å². The van der Waals surface area contributed by atoms with Crippen molar-refractivity contribution in [3.05, 3.63) is 22.1 Å². The van der Waals surface area contributed by atoms with Crippen molar-refractivity contribution >= 4 is 34.2 Å². The van der Waals surface area contributed by atoms with Gasteiger partial charge in [0.15, 0.2) is 10.4 Å². The number of piperazine rings is 1. The molecule has 6 heteroatoms. The fraction of sp³-hybridized carbons (Fsp3) is 0.500. The summed E-state index contributed by atoms with van der Waals surface area (Å²) in [6.45, 7) is 5.08. The van der Waals surface area contributed by atoms with Crippen LogP contribution in [0.4, 0.5) is 0 Å². The minimum atomic E-state index is -0.0142. The van der Waals surface area contributed by atoms with Crippen LogP contribution in [0.15, 0.2) is 15.2 Å². The highest BCUT2D eigenvalue weighted by Crippen LogP contribution is 2.21. The maximum atomic E-state index is 12.0. The Labute approximate surface area is 109 Å². The summed E-state index contributed by atoms with van der Waals surface area (Å²) >= 11 is 3.23. The van der Waals surface area contributed by atoms with Gasteiger partial charge in [-0.1, -0.05) is 0 Å². The summed E-state index contributed by atoms with van der Waals surface area (Å²) in [5, 5.41) is 3.21. The van der Waals surface area contributed by atoms with Crippen molar-refractivity contribution in [2.24, 2.45) is 0 Å². The van der Waals surface area contributed by atoms with Crippen molar-refractivity contribution in [2.45, 2.75) is 6.92 Å². The number of furan rings is 1. The van der Waals surface area contributed by atoms with Crippen molar-refractivity contribution < 1.29 is 9.21 Å². The van der Waals surface area contributed by atoms with Crippen molar-refractivity contribution in [1.82, 2.24) is 10.2 Å². The quantitative estimate of drug-likeness (QED) is 0.861. The van der Waals surface area contributed by atoms with Crippen LogP contribution in [0.1, 0.15) is 16.1 Å². The van der Waals surface area contributed by atoms with Crippen LogP contribution in [0, 0.1) is 6.92 Å². The average Bonchev–Trinajstić information content (AvgIpc) is 2.58. The van der Waals surface area contributed by atoms with Gasteiger partial charge in [0.25, 0.3) is 5.91 Å². The molecule has 0 unspecified atom stereocenters. The van der Waals surface area contributed by atoms with Gasteiger partial charge in [-0.2, -0.15) is 0 Å². The predicted molar refractivity (Wildman–Crippen MR) is 67.2 cm³/mol. The van der Waals surface area contributed by atoms with E-state index in [2.05, 4.69) is 21.2 Å². The summed E-state index contributed by atoms with van der Waals surface area (Å²) in [6.07, 6.45) is 0. The van der Waals surface area contributed by atoms with Crippen LogP contribution in [-0.2, 0) is 0 Å². The van der Waals surface area contributed by atoms with Crippen LogP contribution in [-0.4, -0.2) is 37.0 Å². The van der Waals surface area contributed by atoms with Crippen LogP contribution in [0.2, 0.25) is 0 Å². The minimum Gasteiger partial charge on any atom is -0.444 e. The number of hydrogen-bond acceptors (Lipinski definition) is 3. The lowest BCUT2D eigenvalue weighted by molar-refractivity contribution is 0.0701. The SMILES string of the molecule is Cc1cc(Br)oc1C(=O)N1CCNCC1.Cl. The van der Waals surface area contributed by atoms with Crippen LogP contribution in [0.3, 0.4) is 0 Å². The first-order valence-corrected chi connectivity index (χ1v) is 5.73. The number of nitrogens with one attached hydrogen (secondary N) is 1. The van der Waals surface area contributed by atoms with Crippen molar-refractivity contribution in [1.29, 1.82) is 0 Å². The molecule has 0 aromatic carbocycles. The smallest absolute Gasteiger partial charge is 0.289 e. The number of amides is 1. The molecule has 4 nitrogen and oxygen atoms in total. The van der Waals surface area contributed by atoms with E-state index in [0.717, 1.165) is 31.7 Å². The molecule has 1 aromatic heterocycles. The highest BCUT2D eigenvalue weighted by molar-refractivity contribution is 9.10. The number of hydrogen-bond donors (Lipinski definition) is 1. The fourth-order valence-electron chi connectivity index (χ4n) is 1.67. The zero-order chi connectivity index (χ0) is 10.8. The lowest BCUT2D eigenvalue weighted by Gasteiger charge is -2.26. The van der Waals surface area contributed by atoms with Crippen LogP contribution in [0.25, 0.3) is 0 Å². The average molecular weight is 310 g/mol. The van der Waals surface area contributed by atoms with E-state index < -0.39 is 0 Å². The van der Waals surface area contributed by atoms with Gasteiger partial charge in [-0.05, 0) is 28.9 Å². The molecule has 0 radical (unpaired) electrons. The van der Waals surface area contributed by atoms with Gasteiger partial charge < -0.3 is 14.6 Å². The maximum absolute atomic E-state index is 12.0. The molecule has 1 N–H and O–H groups in total. The summed E-state index contributed by atoms with van der Waals surface area (Å²) in [7, 11) is 0. The molecule has 0 bridgehead atoms. The Bertz CT molecular complexity index is 375. The minimum absolute atomic E-state index is 0. The molecule has 90 valence electrons. The summed E-state index contributed by atoms with van der Waals surface area (Å²) in [4.78, 5) is 13.8. The zero-order valence-corrected chi connectivity index (χ0v) is 11.4. The molecule has 16 heavy (non-hydrogen) atoms. The highest BCUT2D eigenvalue weighted by atomic mass is 79.9. The number of rotatable bonds is 1. The lowest BCUT2D eigenvalue weighted by atomic mass is 10.2. The summed E-state index contributed by atoms with van der Waals surface area (Å²) in [6, 6.07) is 1.81. The van der Waals surface area contributed by atoms with Gasteiger partial charge in [0, 0.05) is 31.7 Å². The van der Waals surface area contributed by atoms with E-state index in [1.165, 1.54) is 0 Å². The number of carbonyl (C=O) groups excluding carboxylic acids is 1. The Morgan fingerprint density at radius 1 is 1.50 bits per heavy atom. The summed E-state index contributed by atoms with van der Waals surface area (Å²) in [5.41, 5.74) is 0.880. The Morgan fingerprint density at radius 3 is 2.62 bits per heavy atom. The molecule has 1 amide bonds. The summed E-state index contributed by atoms with van der Waals surface area (Å²) in [5.74, 6) is 0.434. The molecule has 1 saturated heterocycles. The molecule has 1 aliphatic rings. The van der Waals surface area contributed by atoms with Gasteiger partial charge in [0.05, 0.1) is 0 Å². The molecular weight excluding hydrogens is 295 g/mol. The van der Waals surface area contributed by atoms with Gasteiger partial charge in [-0.25, -0.2) is 0 Å². The Morgan fingerprint density at radius 2 is 2.12 bits per heavy atom. The first-order chi connectivity index (χ1) is 7.18. The van der Waals surface area contributed by atoms with E-state index in [9.17, 15) is 4.79 Å². The van der Waals surface area contributed by atoms with E-state index in [-0.39, 0.29) is 18.3 Å². The Balaban J connectivity index is 0.00000128. The molecule has 0 atom stereocenters. The second kappa shape index (κ2) is 5.70. The standard InChI is InChI=1S/C10H13BrN2O2.ClH/c1-7-6-8(11)15-9(7)10(14)13-4-2-12-3-5-13;/h6,12H,2-5H2,1H3;1H. The van der Waals surface area contributed by atoms with Gasteiger partial charge in [0.1, 0.15) is 0 Å². The first-order valence-electron chi connectivity index (χ1n) is 4.94. The van der Waals surface area contributed by atoms with Gasteiger partial charge in [-0.15, -0.1) is 12.4 Å². The van der Waals surface area contributed by atoms with E-state index in [4.69, 9.17) is 4.42 Å². The Kier molecular flexibility index (Phi) is 4.83. The molecular formula is C10H14BrClN2O2. The topological polar surface area (TPSA) is 45.5 Å². The van der Waals surface area contributed by atoms with Crippen LogP contribution < -0.4 is 5.32 Å². The van der Waals surface area contributed by atoms with E-state index >= 15 is 0 Å². The molecule has 0 saturated carbocycles. The van der Waals surface area contributed by atoms with Crippen LogP contribution in [0.5, 0.6) is 0 Å². The van der Waals surface area contributed by atoms with Crippen molar-refractivity contribution in [3.8, 4) is 0 Å². The highest BCUT2D eigenvalue weighted by Gasteiger charge is 2.22. The third-order valence-electron chi connectivity index (χ3n) is 2.49. The number of halogens is 2. The first kappa shape index (κ1) is 13.5. The van der Waals surface area contributed by atoms with Crippen LogP contribution >= 0.6 is 28.3 Å².